The monoisotopic (exact) mass is 404 g/mol. The Morgan fingerprint density at radius 2 is 1.93 bits per heavy atom. The number of nitrogens with zero attached hydrogens (tertiary/aromatic N) is 2. The van der Waals surface area contributed by atoms with E-state index in [4.69, 9.17) is 9.47 Å². The van der Waals surface area contributed by atoms with Gasteiger partial charge in [0.15, 0.2) is 21.3 Å². The number of methoxy groups -OCH3 is 2. The minimum Gasteiger partial charge on any atom is -0.493 e. The zero-order chi connectivity index (χ0) is 20.3. The molecule has 1 aliphatic rings. The largest absolute Gasteiger partial charge is 0.493 e. The van der Waals surface area contributed by atoms with Crippen molar-refractivity contribution in [1.29, 1.82) is 0 Å². The van der Waals surface area contributed by atoms with Gasteiger partial charge in [-0.05, 0) is 61.7 Å². The van der Waals surface area contributed by atoms with E-state index in [1.54, 1.807) is 32.5 Å². The van der Waals surface area contributed by atoms with Gasteiger partial charge >= 0.3 is 0 Å². The van der Waals surface area contributed by atoms with Gasteiger partial charge in [0.2, 0.25) is 0 Å². The molecule has 0 bridgehead atoms. The molecule has 0 saturated carbocycles. The molecule has 0 radical (unpaired) electrons. The van der Waals surface area contributed by atoms with Gasteiger partial charge in [-0.3, -0.25) is 9.88 Å². The molecule has 0 aliphatic carbocycles. The zero-order valence-corrected chi connectivity index (χ0v) is 17.8. The first-order valence-electron chi connectivity index (χ1n) is 9.42. The topological polar surface area (TPSA) is 68.7 Å². The lowest BCUT2D eigenvalue weighted by molar-refractivity contribution is 0.196. The fourth-order valence-electron chi connectivity index (χ4n) is 3.88. The Balaban J connectivity index is 1.82. The molecule has 7 heteroatoms. The van der Waals surface area contributed by atoms with Gasteiger partial charge in [0.05, 0.1) is 24.8 Å². The maximum atomic E-state index is 12.2. The van der Waals surface area contributed by atoms with Crippen LogP contribution >= 0.6 is 0 Å². The zero-order valence-electron chi connectivity index (χ0n) is 16.9. The Morgan fingerprint density at radius 3 is 2.61 bits per heavy atom. The summed E-state index contributed by atoms with van der Waals surface area (Å²) in [6.45, 7) is 4.61. The smallest absolute Gasteiger partial charge is 0.177 e. The number of aryl methyl sites for hydroxylation is 1. The van der Waals surface area contributed by atoms with Crippen molar-refractivity contribution in [3.05, 3.63) is 47.3 Å². The lowest BCUT2D eigenvalue weighted by Gasteiger charge is -2.33. The maximum absolute atomic E-state index is 12.2. The van der Waals surface area contributed by atoms with Crippen LogP contribution in [-0.4, -0.2) is 51.9 Å². The standard InChI is InChI=1S/C21H28N2O4S/c1-15-11-18(26-2)19(27-3)12-17(15)14-23-10-6-7-16(13-23)21-20(28(4,24)25)8-5-9-22-21/h5,8-9,11-12,16H,6-7,10,13-14H2,1-4H3. The summed E-state index contributed by atoms with van der Waals surface area (Å²) in [5.41, 5.74) is 3.02. The third kappa shape index (κ3) is 4.47. The number of piperidine rings is 1. The average Bonchev–Trinajstić information content (AvgIpc) is 2.68. The lowest BCUT2D eigenvalue weighted by Crippen LogP contribution is -2.35. The van der Waals surface area contributed by atoms with E-state index in [-0.39, 0.29) is 5.92 Å². The van der Waals surface area contributed by atoms with E-state index in [0.717, 1.165) is 49.5 Å². The van der Waals surface area contributed by atoms with E-state index >= 15 is 0 Å². The van der Waals surface area contributed by atoms with E-state index in [2.05, 4.69) is 16.8 Å². The third-order valence-corrected chi connectivity index (χ3v) is 6.47. The second kappa shape index (κ2) is 8.49. The van der Waals surface area contributed by atoms with Gasteiger partial charge in [0, 0.05) is 31.5 Å². The van der Waals surface area contributed by atoms with Crippen molar-refractivity contribution in [1.82, 2.24) is 9.88 Å². The summed E-state index contributed by atoms with van der Waals surface area (Å²) in [6.07, 6.45) is 4.89. The second-order valence-corrected chi connectivity index (χ2v) is 9.35. The summed E-state index contributed by atoms with van der Waals surface area (Å²) in [5, 5.41) is 0. The van der Waals surface area contributed by atoms with Crippen molar-refractivity contribution in [3.63, 3.8) is 0 Å². The van der Waals surface area contributed by atoms with Gasteiger partial charge < -0.3 is 9.47 Å². The summed E-state index contributed by atoms with van der Waals surface area (Å²) >= 11 is 0. The number of hydrogen-bond donors (Lipinski definition) is 0. The second-order valence-electron chi connectivity index (χ2n) is 7.37. The van der Waals surface area contributed by atoms with Gasteiger partial charge in [0.1, 0.15) is 0 Å². The molecule has 2 heterocycles. The minimum absolute atomic E-state index is 0.111. The molecule has 1 fully saturated rings. The van der Waals surface area contributed by atoms with Crippen LogP contribution in [0.15, 0.2) is 35.4 Å². The minimum atomic E-state index is -3.29. The van der Waals surface area contributed by atoms with Gasteiger partial charge in [-0.25, -0.2) is 8.42 Å². The first kappa shape index (κ1) is 20.6. The molecule has 2 aromatic rings. The van der Waals surface area contributed by atoms with Crippen molar-refractivity contribution in [2.75, 3.05) is 33.6 Å². The lowest BCUT2D eigenvalue weighted by atomic mass is 9.93. The Hall–Kier alpha value is -2.12. The SMILES string of the molecule is COc1cc(C)c(CN2CCCC(c3ncccc3S(C)(=O)=O)C2)cc1OC. The molecule has 3 rings (SSSR count). The average molecular weight is 405 g/mol. The highest BCUT2D eigenvalue weighted by atomic mass is 32.2. The van der Waals surface area contributed by atoms with Crippen LogP contribution in [0.5, 0.6) is 11.5 Å². The fourth-order valence-corrected chi connectivity index (χ4v) is 4.80. The Kier molecular flexibility index (Phi) is 6.25. The number of benzene rings is 1. The van der Waals surface area contributed by atoms with E-state index in [1.165, 1.54) is 11.8 Å². The van der Waals surface area contributed by atoms with Gasteiger partial charge in [-0.15, -0.1) is 0 Å². The Labute approximate surface area is 167 Å². The molecule has 0 N–H and O–H groups in total. The molecule has 1 atom stereocenters. The third-order valence-electron chi connectivity index (χ3n) is 5.33. The number of pyridine rings is 1. The van der Waals surface area contributed by atoms with E-state index in [1.807, 2.05) is 12.1 Å². The highest BCUT2D eigenvalue weighted by Gasteiger charge is 2.27. The van der Waals surface area contributed by atoms with Crippen LogP contribution in [0.3, 0.4) is 0 Å². The molecule has 1 saturated heterocycles. The molecule has 1 unspecified atom stereocenters. The molecule has 28 heavy (non-hydrogen) atoms. The highest BCUT2D eigenvalue weighted by molar-refractivity contribution is 7.90. The summed E-state index contributed by atoms with van der Waals surface area (Å²) < 4.78 is 35.2. The van der Waals surface area contributed by atoms with Crippen molar-refractivity contribution in [2.45, 2.75) is 37.1 Å². The molecule has 1 aliphatic heterocycles. The quantitative estimate of drug-likeness (QED) is 0.737. The van der Waals surface area contributed by atoms with E-state index < -0.39 is 9.84 Å². The van der Waals surface area contributed by atoms with E-state index in [9.17, 15) is 8.42 Å². The molecule has 0 spiro atoms. The normalized spacial score (nSPS) is 18.1. The van der Waals surface area contributed by atoms with E-state index in [0.29, 0.717) is 10.6 Å². The van der Waals surface area contributed by atoms with Gasteiger partial charge in [-0.2, -0.15) is 0 Å². The Morgan fingerprint density at radius 1 is 1.21 bits per heavy atom. The molecule has 152 valence electrons. The van der Waals surface area contributed by atoms with Crippen LogP contribution in [0.4, 0.5) is 0 Å². The maximum Gasteiger partial charge on any atom is 0.177 e. The molecule has 6 nitrogen and oxygen atoms in total. The van der Waals surface area contributed by atoms with Crippen LogP contribution in [0.25, 0.3) is 0 Å². The fraction of sp³-hybridized carbons (Fsp3) is 0.476. The summed E-state index contributed by atoms with van der Waals surface area (Å²) in [6, 6.07) is 7.37. The molecular formula is C21H28N2O4S. The van der Waals surface area contributed by atoms with Gasteiger partial charge in [-0.1, -0.05) is 0 Å². The van der Waals surface area contributed by atoms with Crippen LogP contribution in [0.1, 0.15) is 35.6 Å². The molecule has 1 aromatic carbocycles. The number of rotatable bonds is 6. The number of sulfone groups is 1. The predicted molar refractivity (Wildman–Crippen MR) is 109 cm³/mol. The van der Waals surface area contributed by atoms with Crippen LogP contribution in [0.2, 0.25) is 0 Å². The predicted octanol–water partition coefficient (Wildman–Crippen LogP) is 3.19. The number of likely N-dealkylation sites (tertiary alicyclic amines) is 1. The summed E-state index contributed by atoms with van der Waals surface area (Å²) in [4.78, 5) is 7.15. The number of hydrogen-bond acceptors (Lipinski definition) is 6. The van der Waals surface area contributed by atoms with Gasteiger partial charge in [0.25, 0.3) is 0 Å². The molecule has 0 amide bonds. The van der Waals surface area contributed by atoms with Crippen molar-refractivity contribution in [3.8, 4) is 11.5 Å². The van der Waals surface area contributed by atoms with Crippen molar-refractivity contribution >= 4 is 9.84 Å². The molecular weight excluding hydrogens is 376 g/mol. The molecule has 1 aromatic heterocycles. The first-order chi connectivity index (χ1) is 13.3. The van der Waals surface area contributed by atoms with Crippen LogP contribution in [0, 0.1) is 6.92 Å². The first-order valence-corrected chi connectivity index (χ1v) is 11.3. The highest BCUT2D eigenvalue weighted by Crippen LogP contribution is 2.33. The van der Waals surface area contributed by atoms with Crippen molar-refractivity contribution < 1.29 is 17.9 Å². The van der Waals surface area contributed by atoms with Crippen LogP contribution in [-0.2, 0) is 16.4 Å². The number of ether oxygens (including phenoxy) is 2. The van der Waals surface area contributed by atoms with Crippen LogP contribution < -0.4 is 9.47 Å². The Bertz CT molecular complexity index is 943. The summed E-state index contributed by atoms with van der Waals surface area (Å²) in [7, 11) is -0.0162. The van der Waals surface area contributed by atoms with Crippen molar-refractivity contribution in [2.24, 2.45) is 0 Å². The summed E-state index contributed by atoms with van der Waals surface area (Å²) in [5.74, 6) is 1.56. The number of aromatic nitrogens is 1.